The Labute approximate surface area is 173 Å². The highest BCUT2D eigenvalue weighted by molar-refractivity contribution is 5.80. The minimum Gasteiger partial charge on any atom is -0.474 e. The van der Waals surface area contributed by atoms with Crippen LogP contribution in [0, 0.1) is 23.7 Å². The number of carbonyl (C=O) groups is 1. The first-order chi connectivity index (χ1) is 14.3. The van der Waals surface area contributed by atoms with Crippen LogP contribution in [0.1, 0.15) is 44.1 Å². The molecule has 0 spiro atoms. The summed E-state index contributed by atoms with van der Waals surface area (Å²) in [4.78, 5) is 17.8. The molecule has 0 bridgehead atoms. The number of carbonyl (C=O) groups excluding carboxylic acids is 1. The van der Waals surface area contributed by atoms with Gasteiger partial charge in [-0.3, -0.25) is 4.79 Å². The molecule has 2 heterocycles. The molecule has 2 fully saturated rings. The van der Waals surface area contributed by atoms with Gasteiger partial charge < -0.3 is 15.0 Å². The fraction of sp³-hybridized carbons (Fsp3) is 0.571. The zero-order valence-corrected chi connectivity index (χ0v) is 16.4. The molecule has 1 saturated heterocycles. The van der Waals surface area contributed by atoms with E-state index in [2.05, 4.69) is 22.3 Å². The van der Waals surface area contributed by atoms with Crippen LogP contribution in [-0.4, -0.2) is 46.6 Å². The molecule has 160 valence electrons. The molecular weight excluding hydrogens is 397 g/mol. The predicted molar refractivity (Wildman–Crippen MR) is 102 cm³/mol. The van der Waals surface area contributed by atoms with Gasteiger partial charge in [-0.1, -0.05) is 5.92 Å². The quantitative estimate of drug-likeness (QED) is 0.742. The second-order valence-electron chi connectivity index (χ2n) is 7.56. The van der Waals surface area contributed by atoms with Crippen LogP contribution in [0.4, 0.5) is 13.2 Å². The first-order valence-corrected chi connectivity index (χ1v) is 9.92. The number of rotatable bonds is 5. The van der Waals surface area contributed by atoms with Crippen molar-refractivity contribution in [1.82, 2.24) is 15.2 Å². The van der Waals surface area contributed by atoms with Crippen LogP contribution in [-0.2, 0) is 11.0 Å². The number of likely N-dealkylation sites (tertiary alicyclic amines) is 1. The van der Waals surface area contributed by atoms with E-state index in [1.165, 1.54) is 11.0 Å². The van der Waals surface area contributed by atoms with Gasteiger partial charge in [0.15, 0.2) is 0 Å². The maximum absolute atomic E-state index is 12.6. The van der Waals surface area contributed by atoms with Crippen molar-refractivity contribution in [2.45, 2.75) is 68.9 Å². The third-order valence-corrected chi connectivity index (χ3v) is 5.58. The van der Waals surface area contributed by atoms with Crippen LogP contribution in [0.25, 0.3) is 0 Å². The van der Waals surface area contributed by atoms with Crippen LogP contribution >= 0.6 is 0 Å². The Bertz CT molecular complexity index is 799. The molecule has 9 heteroatoms. The number of hydrogen-bond donors (Lipinski definition) is 1. The highest BCUT2D eigenvalue weighted by atomic mass is 19.4. The zero-order chi connectivity index (χ0) is 21.7. The Hall–Kier alpha value is -2.78. The topological polar surface area (TPSA) is 78.2 Å². The molecule has 30 heavy (non-hydrogen) atoms. The molecule has 2 atom stereocenters. The number of nitrogens with zero attached hydrogens (tertiary/aromatic N) is 3. The Kier molecular flexibility index (Phi) is 6.84. The van der Waals surface area contributed by atoms with Crippen molar-refractivity contribution < 1.29 is 22.7 Å². The summed E-state index contributed by atoms with van der Waals surface area (Å²) in [5, 5.41) is 12.4. The number of amides is 1. The third-order valence-electron chi connectivity index (χ3n) is 5.58. The summed E-state index contributed by atoms with van der Waals surface area (Å²) in [5.41, 5.74) is -0.809. The molecule has 1 aromatic rings. The Morgan fingerprint density at radius 3 is 2.50 bits per heavy atom. The van der Waals surface area contributed by atoms with Crippen LogP contribution in [0.15, 0.2) is 18.3 Å². The summed E-state index contributed by atoms with van der Waals surface area (Å²) in [6.07, 6.45) is 5.86. The van der Waals surface area contributed by atoms with Crippen molar-refractivity contribution in [3.05, 3.63) is 23.9 Å². The number of terminal acetylenes is 1. The summed E-state index contributed by atoms with van der Waals surface area (Å²) in [7, 11) is 0. The van der Waals surface area contributed by atoms with Gasteiger partial charge in [-0.2, -0.15) is 18.4 Å². The standard InChI is InChI=1S/C21H23F3N4O2/c1-2-16-6-7-17(11-25)28(16)20(29)13-26-15-4-8-18(9-5-15)30-19-10-3-14(12-27-19)21(22,23)24/h1,3,10,12,15-18,26H,4-9,13H2/t15?,16-,17-,18?/m0/s1. The fourth-order valence-corrected chi connectivity index (χ4v) is 3.95. The van der Waals surface area contributed by atoms with Crippen LogP contribution in [0.5, 0.6) is 5.88 Å². The molecule has 0 radical (unpaired) electrons. The number of aromatic nitrogens is 1. The lowest BCUT2D eigenvalue weighted by Gasteiger charge is -2.30. The zero-order valence-electron chi connectivity index (χ0n) is 16.4. The van der Waals surface area contributed by atoms with E-state index < -0.39 is 17.8 Å². The monoisotopic (exact) mass is 420 g/mol. The van der Waals surface area contributed by atoms with Crippen LogP contribution < -0.4 is 10.1 Å². The number of ether oxygens (including phenoxy) is 1. The Balaban J connectivity index is 1.43. The molecular formula is C21H23F3N4O2. The van der Waals surface area contributed by atoms with Gasteiger partial charge in [-0.05, 0) is 44.6 Å². The smallest absolute Gasteiger partial charge is 0.417 e. The first-order valence-electron chi connectivity index (χ1n) is 9.92. The number of hydrogen-bond acceptors (Lipinski definition) is 5. The normalized spacial score (nSPS) is 26.6. The maximum Gasteiger partial charge on any atom is 0.417 e. The van der Waals surface area contributed by atoms with Gasteiger partial charge in [0.2, 0.25) is 11.8 Å². The van der Waals surface area contributed by atoms with Crippen molar-refractivity contribution in [2.24, 2.45) is 0 Å². The van der Waals surface area contributed by atoms with Gasteiger partial charge in [-0.25, -0.2) is 4.98 Å². The molecule has 1 aliphatic carbocycles. The van der Waals surface area contributed by atoms with E-state index in [-0.39, 0.29) is 36.5 Å². The molecule has 1 amide bonds. The number of nitrogens with one attached hydrogen (secondary N) is 1. The van der Waals surface area contributed by atoms with E-state index in [1.54, 1.807) is 0 Å². The summed E-state index contributed by atoms with van der Waals surface area (Å²) < 4.78 is 43.5. The number of halogens is 3. The Morgan fingerprint density at radius 1 is 1.23 bits per heavy atom. The largest absolute Gasteiger partial charge is 0.474 e. The average molecular weight is 420 g/mol. The number of pyridine rings is 1. The van der Waals surface area contributed by atoms with E-state index in [1.807, 2.05) is 0 Å². The Morgan fingerprint density at radius 2 is 1.93 bits per heavy atom. The van der Waals surface area contributed by atoms with E-state index in [4.69, 9.17) is 11.2 Å². The van der Waals surface area contributed by atoms with Crippen LogP contribution in [0.3, 0.4) is 0 Å². The minimum absolute atomic E-state index is 0.118. The average Bonchev–Trinajstić information content (AvgIpc) is 3.16. The van der Waals surface area contributed by atoms with E-state index in [9.17, 15) is 23.2 Å². The highest BCUT2D eigenvalue weighted by Gasteiger charge is 2.36. The number of nitriles is 1. The first kappa shape index (κ1) is 21.9. The molecule has 0 unspecified atom stereocenters. The van der Waals surface area contributed by atoms with E-state index >= 15 is 0 Å². The SMILES string of the molecule is C#C[C@H]1CC[C@@H](C#N)N1C(=O)CNC1CCC(Oc2ccc(C(F)(F)F)cn2)CC1. The van der Waals surface area contributed by atoms with Gasteiger partial charge in [-0.15, -0.1) is 6.42 Å². The molecule has 0 aromatic carbocycles. The molecule has 3 rings (SSSR count). The second kappa shape index (κ2) is 9.36. The summed E-state index contributed by atoms with van der Waals surface area (Å²) in [6, 6.07) is 3.65. The lowest BCUT2D eigenvalue weighted by atomic mass is 9.93. The third kappa shape index (κ3) is 5.22. The van der Waals surface area contributed by atoms with Gasteiger partial charge in [0, 0.05) is 18.3 Å². The van der Waals surface area contributed by atoms with Gasteiger partial charge in [0.05, 0.1) is 24.2 Å². The highest BCUT2D eigenvalue weighted by Crippen LogP contribution is 2.30. The summed E-state index contributed by atoms with van der Waals surface area (Å²) in [6.45, 7) is 0.118. The van der Waals surface area contributed by atoms with Crippen molar-refractivity contribution in [3.63, 3.8) is 0 Å². The minimum atomic E-state index is -4.42. The lowest BCUT2D eigenvalue weighted by molar-refractivity contribution is -0.138. The van der Waals surface area contributed by atoms with Gasteiger partial charge in [0.1, 0.15) is 12.1 Å². The molecule has 6 nitrogen and oxygen atoms in total. The van der Waals surface area contributed by atoms with Crippen LogP contribution in [0.2, 0.25) is 0 Å². The molecule has 1 N–H and O–H groups in total. The predicted octanol–water partition coefficient (Wildman–Crippen LogP) is 2.90. The lowest BCUT2D eigenvalue weighted by Crippen LogP contribution is -2.47. The van der Waals surface area contributed by atoms with E-state index in [0.717, 1.165) is 25.1 Å². The summed E-state index contributed by atoms with van der Waals surface area (Å²) in [5.74, 6) is 2.58. The van der Waals surface area contributed by atoms with Crippen molar-refractivity contribution in [2.75, 3.05) is 6.54 Å². The van der Waals surface area contributed by atoms with Crippen molar-refractivity contribution in [1.29, 1.82) is 5.26 Å². The maximum atomic E-state index is 12.6. The molecule has 2 aliphatic rings. The van der Waals surface area contributed by atoms with E-state index in [0.29, 0.717) is 25.7 Å². The molecule has 1 aromatic heterocycles. The second-order valence-corrected chi connectivity index (χ2v) is 7.56. The van der Waals surface area contributed by atoms with Crippen molar-refractivity contribution >= 4 is 5.91 Å². The van der Waals surface area contributed by atoms with Gasteiger partial charge in [0.25, 0.3) is 0 Å². The van der Waals surface area contributed by atoms with Gasteiger partial charge >= 0.3 is 6.18 Å². The number of alkyl halides is 3. The molecule has 1 aliphatic heterocycles. The summed E-state index contributed by atoms with van der Waals surface area (Å²) >= 11 is 0. The van der Waals surface area contributed by atoms with Crippen molar-refractivity contribution in [3.8, 4) is 24.3 Å². The molecule has 1 saturated carbocycles. The fourth-order valence-electron chi connectivity index (χ4n) is 3.95.